The molecular weight excluding hydrogens is 208 g/mol. The number of carbonyl (C=O) groups is 2. The Hall–Kier alpha value is -1.26. The van der Waals surface area contributed by atoms with E-state index in [9.17, 15) is 14.7 Å². The van der Waals surface area contributed by atoms with Crippen LogP contribution in [0.4, 0.5) is 4.79 Å². The van der Waals surface area contributed by atoms with E-state index in [0.29, 0.717) is 0 Å². The summed E-state index contributed by atoms with van der Waals surface area (Å²) in [6.07, 6.45) is 2.69. The second-order valence-electron chi connectivity index (χ2n) is 4.61. The molecule has 1 aliphatic rings. The van der Waals surface area contributed by atoms with E-state index in [0.717, 1.165) is 19.3 Å². The van der Waals surface area contributed by atoms with Crippen LogP contribution in [0.2, 0.25) is 0 Å². The van der Waals surface area contributed by atoms with Gasteiger partial charge in [0.15, 0.2) is 0 Å². The number of urea groups is 1. The van der Waals surface area contributed by atoms with Crippen molar-refractivity contribution in [3.8, 4) is 0 Å². The maximum atomic E-state index is 11.5. The van der Waals surface area contributed by atoms with Crippen LogP contribution in [0.25, 0.3) is 0 Å². The van der Waals surface area contributed by atoms with Gasteiger partial charge in [0.2, 0.25) is 0 Å². The van der Waals surface area contributed by atoms with Crippen molar-refractivity contribution in [3.63, 3.8) is 0 Å². The number of aliphatic carboxylic acids is 1. The van der Waals surface area contributed by atoms with Gasteiger partial charge in [-0.2, -0.15) is 0 Å². The van der Waals surface area contributed by atoms with Crippen molar-refractivity contribution in [1.82, 2.24) is 10.6 Å². The first-order valence-corrected chi connectivity index (χ1v) is 5.68. The Morgan fingerprint density at radius 1 is 1.25 bits per heavy atom. The zero-order chi connectivity index (χ0) is 12.3. The van der Waals surface area contributed by atoms with Gasteiger partial charge in [0, 0.05) is 7.05 Å². The van der Waals surface area contributed by atoms with Crippen molar-refractivity contribution in [3.05, 3.63) is 0 Å². The summed E-state index contributed by atoms with van der Waals surface area (Å²) in [6, 6.07) is -0.428. The summed E-state index contributed by atoms with van der Waals surface area (Å²) < 4.78 is 0. The summed E-state index contributed by atoms with van der Waals surface area (Å²) in [4.78, 5) is 22.9. The molecule has 5 heteroatoms. The molecule has 0 bridgehead atoms. The molecule has 5 nitrogen and oxygen atoms in total. The molecule has 2 unspecified atom stereocenters. The highest BCUT2D eigenvalue weighted by atomic mass is 16.4. The Morgan fingerprint density at radius 3 is 2.12 bits per heavy atom. The second-order valence-corrected chi connectivity index (χ2v) is 4.61. The molecule has 0 radical (unpaired) electrons. The molecule has 0 aliphatic heterocycles. The van der Waals surface area contributed by atoms with E-state index in [1.54, 1.807) is 0 Å². The summed E-state index contributed by atoms with van der Waals surface area (Å²) >= 11 is 0. The Kier molecular flexibility index (Phi) is 3.78. The van der Waals surface area contributed by atoms with Crippen LogP contribution < -0.4 is 10.6 Å². The number of carboxylic acids is 1. The molecule has 2 atom stereocenters. The first-order valence-electron chi connectivity index (χ1n) is 5.68. The Labute approximate surface area is 95.6 Å². The van der Waals surface area contributed by atoms with Crippen LogP contribution in [0.5, 0.6) is 0 Å². The van der Waals surface area contributed by atoms with E-state index in [-0.39, 0.29) is 11.8 Å². The van der Waals surface area contributed by atoms with Gasteiger partial charge in [0.1, 0.15) is 5.54 Å². The standard InChI is InChI=1S/C11H20N2O3/c1-7-5-4-6-8(2)11(7,9(14)15)13-10(16)12-3/h7-8H,4-6H2,1-3H3,(H,14,15)(H2,12,13,16). The van der Waals surface area contributed by atoms with Crippen molar-refractivity contribution >= 4 is 12.0 Å². The minimum atomic E-state index is -1.13. The molecule has 1 fully saturated rings. The van der Waals surface area contributed by atoms with Gasteiger partial charge in [-0.25, -0.2) is 9.59 Å². The fourth-order valence-electron chi connectivity index (χ4n) is 2.64. The number of carbonyl (C=O) groups excluding carboxylic acids is 1. The van der Waals surface area contributed by atoms with Gasteiger partial charge in [0.05, 0.1) is 0 Å². The van der Waals surface area contributed by atoms with Crippen LogP contribution in [-0.2, 0) is 4.79 Å². The fourth-order valence-corrected chi connectivity index (χ4v) is 2.64. The zero-order valence-corrected chi connectivity index (χ0v) is 10.0. The average molecular weight is 228 g/mol. The third-order valence-electron chi connectivity index (χ3n) is 3.73. The van der Waals surface area contributed by atoms with E-state index in [1.807, 2.05) is 13.8 Å². The third-order valence-corrected chi connectivity index (χ3v) is 3.73. The number of amides is 2. The molecule has 1 saturated carbocycles. The predicted molar refractivity (Wildman–Crippen MR) is 60.1 cm³/mol. The molecule has 2 amide bonds. The van der Waals surface area contributed by atoms with E-state index in [2.05, 4.69) is 10.6 Å². The van der Waals surface area contributed by atoms with Crippen LogP contribution >= 0.6 is 0 Å². The Balaban J connectivity index is 3.01. The minimum absolute atomic E-state index is 0.0500. The molecule has 92 valence electrons. The zero-order valence-electron chi connectivity index (χ0n) is 10.0. The van der Waals surface area contributed by atoms with Crippen LogP contribution in [0.1, 0.15) is 33.1 Å². The van der Waals surface area contributed by atoms with Gasteiger partial charge in [-0.15, -0.1) is 0 Å². The van der Waals surface area contributed by atoms with Gasteiger partial charge in [-0.1, -0.05) is 20.3 Å². The van der Waals surface area contributed by atoms with E-state index < -0.39 is 17.5 Å². The van der Waals surface area contributed by atoms with Crippen molar-refractivity contribution in [2.75, 3.05) is 7.05 Å². The van der Waals surface area contributed by atoms with Crippen LogP contribution in [0.3, 0.4) is 0 Å². The molecule has 0 aromatic rings. The summed E-state index contributed by atoms with van der Waals surface area (Å²) in [6.45, 7) is 3.78. The molecule has 0 aromatic carbocycles. The largest absolute Gasteiger partial charge is 0.479 e. The maximum absolute atomic E-state index is 11.5. The molecule has 0 spiro atoms. The van der Waals surface area contributed by atoms with Crippen molar-refractivity contribution in [2.24, 2.45) is 11.8 Å². The highest BCUT2D eigenvalue weighted by molar-refractivity contribution is 5.87. The van der Waals surface area contributed by atoms with Crippen molar-refractivity contribution in [1.29, 1.82) is 0 Å². The number of hydrogen-bond acceptors (Lipinski definition) is 2. The molecule has 1 rings (SSSR count). The minimum Gasteiger partial charge on any atom is -0.479 e. The summed E-state index contributed by atoms with van der Waals surface area (Å²) in [5.41, 5.74) is -1.13. The van der Waals surface area contributed by atoms with E-state index in [1.165, 1.54) is 7.05 Å². The first-order chi connectivity index (χ1) is 7.45. The lowest BCUT2D eigenvalue weighted by Gasteiger charge is -2.44. The summed E-state index contributed by atoms with van der Waals surface area (Å²) in [7, 11) is 1.49. The van der Waals surface area contributed by atoms with Crippen LogP contribution in [0.15, 0.2) is 0 Å². The van der Waals surface area contributed by atoms with Gasteiger partial charge in [0.25, 0.3) is 0 Å². The smallest absolute Gasteiger partial charge is 0.330 e. The van der Waals surface area contributed by atoms with Gasteiger partial charge >= 0.3 is 12.0 Å². The monoisotopic (exact) mass is 228 g/mol. The first kappa shape index (κ1) is 12.8. The van der Waals surface area contributed by atoms with Gasteiger partial charge < -0.3 is 15.7 Å². The molecular formula is C11H20N2O3. The average Bonchev–Trinajstić information content (AvgIpc) is 2.23. The van der Waals surface area contributed by atoms with E-state index in [4.69, 9.17) is 0 Å². The highest BCUT2D eigenvalue weighted by Crippen LogP contribution is 2.38. The molecule has 1 aliphatic carbocycles. The summed E-state index contributed by atoms with van der Waals surface area (Å²) in [5, 5.41) is 14.5. The highest BCUT2D eigenvalue weighted by Gasteiger charge is 2.51. The number of rotatable bonds is 2. The lowest BCUT2D eigenvalue weighted by atomic mass is 9.67. The van der Waals surface area contributed by atoms with Crippen LogP contribution in [-0.4, -0.2) is 29.7 Å². The summed E-state index contributed by atoms with van der Waals surface area (Å²) in [5.74, 6) is -1.03. The lowest BCUT2D eigenvalue weighted by molar-refractivity contribution is -0.151. The molecule has 16 heavy (non-hydrogen) atoms. The van der Waals surface area contributed by atoms with Crippen molar-refractivity contribution in [2.45, 2.75) is 38.6 Å². The molecule has 0 aromatic heterocycles. The SMILES string of the molecule is CNC(=O)NC1(C(=O)O)C(C)CCCC1C. The molecule has 0 heterocycles. The van der Waals surface area contributed by atoms with E-state index >= 15 is 0 Å². The maximum Gasteiger partial charge on any atom is 0.330 e. The number of hydrogen-bond donors (Lipinski definition) is 3. The number of nitrogens with one attached hydrogen (secondary N) is 2. The molecule has 3 N–H and O–H groups in total. The van der Waals surface area contributed by atoms with Crippen molar-refractivity contribution < 1.29 is 14.7 Å². The quantitative estimate of drug-likeness (QED) is 0.664. The second kappa shape index (κ2) is 4.72. The van der Waals surface area contributed by atoms with Gasteiger partial charge in [-0.05, 0) is 24.7 Å². The topological polar surface area (TPSA) is 78.4 Å². The third kappa shape index (κ3) is 1.99. The fraction of sp³-hybridized carbons (Fsp3) is 0.818. The lowest BCUT2D eigenvalue weighted by Crippen LogP contribution is -2.65. The molecule has 0 saturated heterocycles. The normalized spacial score (nSPS) is 34.2. The predicted octanol–water partition coefficient (Wildman–Crippen LogP) is 1.19. The Bertz CT molecular complexity index is 281. The van der Waals surface area contributed by atoms with Crippen LogP contribution in [0, 0.1) is 11.8 Å². The van der Waals surface area contributed by atoms with Gasteiger partial charge in [-0.3, -0.25) is 0 Å². The Morgan fingerprint density at radius 2 is 1.75 bits per heavy atom. The number of carboxylic acid groups (broad SMARTS) is 1.